The third kappa shape index (κ3) is 2.56. The molecule has 0 spiro atoms. The highest BCUT2D eigenvalue weighted by Gasteiger charge is 2.22. The van der Waals surface area contributed by atoms with E-state index < -0.39 is 0 Å². The quantitative estimate of drug-likeness (QED) is 0.340. The van der Waals surface area contributed by atoms with Crippen molar-refractivity contribution in [3.63, 3.8) is 0 Å². The van der Waals surface area contributed by atoms with Crippen molar-refractivity contribution in [1.82, 2.24) is 19.5 Å². The van der Waals surface area contributed by atoms with Crippen LogP contribution in [0.4, 0.5) is 0 Å². The predicted molar refractivity (Wildman–Crippen MR) is 85.8 cm³/mol. The van der Waals surface area contributed by atoms with Crippen molar-refractivity contribution in [3.8, 4) is 0 Å². The third-order valence-electron chi connectivity index (χ3n) is 3.40. The Balaban J connectivity index is 2.19. The van der Waals surface area contributed by atoms with Crippen LogP contribution in [0.3, 0.4) is 0 Å². The van der Waals surface area contributed by atoms with Crippen LogP contribution in [0.1, 0.15) is 31.0 Å². The molecule has 5 nitrogen and oxygen atoms in total. The molecule has 1 aliphatic rings. The molecule has 3 rings (SSSR count). The van der Waals surface area contributed by atoms with Gasteiger partial charge in [-0.15, -0.1) is 0 Å². The molecular weight excluding hydrogens is 391 g/mol. The highest BCUT2D eigenvalue weighted by Crippen LogP contribution is 2.31. The Kier molecular flexibility index (Phi) is 4.23. The Hall–Kier alpha value is -0.730. The van der Waals surface area contributed by atoms with Crippen LogP contribution in [0.15, 0.2) is 12.2 Å². The van der Waals surface area contributed by atoms with Gasteiger partial charge in [-0.05, 0) is 19.3 Å². The first-order chi connectivity index (χ1) is 9.70. The summed E-state index contributed by atoms with van der Waals surface area (Å²) in [7, 11) is 1.67. The van der Waals surface area contributed by atoms with Crippen LogP contribution in [-0.4, -0.2) is 26.6 Å². The first-order valence-corrected chi connectivity index (χ1v) is 7.91. The van der Waals surface area contributed by atoms with Gasteiger partial charge in [0.2, 0.25) is 0 Å². The van der Waals surface area contributed by atoms with E-state index in [4.69, 9.17) is 16.3 Å². The van der Waals surface area contributed by atoms with Crippen LogP contribution in [0.2, 0.25) is 5.15 Å². The topological polar surface area (TPSA) is 52.8 Å². The second kappa shape index (κ2) is 5.95. The fraction of sp³-hybridized carbons (Fsp3) is 0.462. The summed E-state index contributed by atoms with van der Waals surface area (Å²) >= 11 is 8.26. The van der Waals surface area contributed by atoms with E-state index in [0.29, 0.717) is 27.1 Å². The van der Waals surface area contributed by atoms with Crippen LogP contribution in [0, 0.1) is 3.83 Å². The number of allylic oxidation sites excluding steroid dienone is 2. The molecule has 0 radical (unpaired) electrons. The van der Waals surface area contributed by atoms with Gasteiger partial charge in [0, 0.05) is 35.6 Å². The lowest BCUT2D eigenvalue weighted by molar-refractivity contribution is 0.130. The van der Waals surface area contributed by atoms with Gasteiger partial charge in [0.15, 0.2) is 14.6 Å². The number of hydrogen-bond donors (Lipinski definition) is 0. The Morgan fingerprint density at radius 2 is 2.30 bits per heavy atom. The minimum atomic E-state index is 0.293. The molecule has 0 bridgehead atoms. The molecule has 0 fully saturated rings. The van der Waals surface area contributed by atoms with E-state index in [1.54, 1.807) is 7.11 Å². The molecule has 2 heterocycles. The third-order valence-corrected chi connectivity index (χ3v) is 4.14. The average molecular weight is 405 g/mol. The van der Waals surface area contributed by atoms with Crippen molar-refractivity contribution in [2.75, 3.05) is 7.11 Å². The highest BCUT2D eigenvalue weighted by atomic mass is 127. The van der Waals surface area contributed by atoms with E-state index >= 15 is 0 Å². The summed E-state index contributed by atoms with van der Waals surface area (Å²) in [6.07, 6.45) is 7.82. The summed E-state index contributed by atoms with van der Waals surface area (Å²) in [6, 6.07) is 0. The van der Waals surface area contributed by atoms with E-state index in [-0.39, 0.29) is 0 Å². The number of aromatic nitrogens is 4. The molecule has 0 saturated carbocycles. The fourth-order valence-corrected chi connectivity index (χ4v) is 3.35. The predicted octanol–water partition coefficient (Wildman–Crippen LogP) is 3.51. The zero-order chi connectivity index (χ0) is 14.1. The molecule has 7 heteroatoms. The fourth-order valence-electron chi connectivity index (χ4n) is 2.53. The molecule has 1 aliphatic carbocycles. The van der Waals surface area contributed by atoms with Crippen LogP contribution < -0.4 is 0 Å². The summed E-state index contributed by atoms with van der Waals surface area (Å²) in [5.74, 6) is 1.25. The van der Waals surface area contributed by atoms with Gasteiger partial charge in [0.25, 0.3) is 0 Å². The van der Waals surface area contributed by atoms with Crippen LogP contribution >= 0.6 is 34.2 Å². The zero-order valence-electron chi connectivity index (χ0n) is 11.0. The van der Waals surface area contributed by atoms with E-state index in [1.165, 1.54) is 6.42 Å². The van der Waals surface area contributed by atoms with Gasteiger partial charge in [-0.3, -0.25) is 4.57 Å². The second-order valence-corrected chi connectivity index (χ2v) is 6.06. The lowest BCUT2D eigenvalue weighted by Gasteiger charge is -2.17. The Labute approximate surface area is 135 Å². The molecule has 0 N–H and O–H groups in total. The summed E-state index contributed by atoms with van der Waals surface area (Å²) < 4.78 is 7.90. The Bertz CT molecular complexity index is 670. The normalized spacial score (nSPS) is 18.9. The summed E-state index contributed by atoms with van der Waals surface area (Å²) in [5.41, 5.74) is 1.39. The number of halogens is 2. The van der Waals surface area contributed by atoms with Crippen LogP contribution in [0.25, 0.3) is 11.2 Å². The molecule has 0 aliphatic heterocycles. The highest BCUT2D eigenvalue weighted by molar-refractivity contribution is 14.1. The van der Waals surface area contributed by atoms with Crippen LogP contribution in [-0.2, 0) is 11.5 Å². The molecule has 1 atom stereocenters. The van der Waals surface area contributed by atoms with E-state index in [1.807, 2.05) is 4.57 Å². The maximum Gasteiger partial charge on any atom is 0.194 e. The monoisotopic (exact) mass is 404 g/mol. The molecule has 1 unspecified atom stereocenters. The van der Waals surface area contributed by atoms with Crippen molar-refractivity contribution in [1.29, 1.82) is 0 Å². The van der Waals surface area contributed by atoms with Crippen LogP contribution in [0.5, 0.6) is 0 Å². The minimum absolute atomic E-state index is 0.293. The van der Waals surface area contributed by atoms with Gasteiger partial charge in [0.1, 0.15) is 18.1 Å². The summed E-state index contributed by atoms with van der Waals surface area (Å²) in [6.45, 7) is 0.416. The van der Waals surface area contributed by atoms with Crippen molar-refractivity contribution >= 4 is 45.4 Å². The van der Waals surface area contributed by atoms with Gasteiger partial charge in [0.05, 0.1) is 0 Å². The number of imidazole rings is 1. The number of ether oxygens (including phenoxy) is 1. The maximum absolute atomic E-state index is 6.20. The smallest absolute Gasteiger partial charge is 0.194 e. The van der Waals surface area contributed by atoms with Crippen molar-refractivity contribution in [3.05, 3.63) is 27.0 Å². The molecular formula is C13H14ClIN4O. The van der Waals surface area contributed by atoms with E-state index in [0.717, 1.165) is 24.3 Å². The molecule has 0 amide bonds. The van der Waals surface area contributed by atoms with Gasteiger partial charge in [-0.2, -0.15) is 0 Å². The number of rotatable bonds is 3. The lowest BCUT2D eigenvalue weighted by atomic mass is 9.95. The number of fused-ring (bicyclic) bond motifs is 1. The standard InChI is InChI=1S/C13H14ClIN4O/c1-20-7-19-11(8-5-3-2-4-6-8)16-9-10(14)17-13(15)18-12(9)19/h3,5,8H,2,4,6-7H2,1H3. The second-order valence-electron chi connectivity index (χ2n) is 4.74. The van der Waals surface area contributed by atoms with Gasteiger partial charge in [-0.1, -0.05) is 23.8 Å². The maximum atomic E-state index is 6.20. The summed E-state index contributed by atoms with van der Waals surface area (Å²) in [4.78, 5) is 13.3. The first-order valence-electron chi connectivity index (χ1n) is 6.45. The molecule has 20 heavy (non-hydrogen) atoms. The molecule has 0 saturated heterocycles. The number of methoxy groups -OCH3 is 1. The Morgan fingerprint density at radius 1 is 1.45 bits per heavy atom. The Morgan fingerprint density at radius 3 is 3.00 bits per heavy atom. The number of hydrogen-bond acceptors (Lipinski definition) is 4. The van der Waals surface area contributed by atoms with Crippen molar-refractivity contribution < 1.29 is 4.74 Å². The summed E-state index contributed by atoms with van der Waals surface area (Å²) in [5, 5.41) is 0.398. The van der Waals surface area contributed by atoms with Crippen molar-refractivity contribution in [2.45, 2.75) is 31.9 Å². The number of nitrogens with zero attached hydrogens (tertiary/aromatic N) is 4. The first kappa shape index (κ1) is 14.2. The SMILES string of the molecule is COCn1c(C2C=CCCC2)nc2c(Cl)nc(I)nc21. The van der Waals surface area contributed by atoms with Gasteiger partial charge >= 0.3 is 0 Å². The molecule has 2 aromatic rings. The van der Waals surface area contributed by atoms with Gasteiger partial charge in [-0.25, -0.2) is 15.0 Å². The van der Waals surface area contributed by atoms with E-state index in [2.05, 4.69) is 49.7 Å². The zero-order valence-corrected chi connectivity index (χ0v) is 13.9. The molecule has 106 valence electrons. The minimum Gasteiger partial charge on any atom is -0.364 e. The largest absolute Gasteiger partial charge is 0.364 e. The van der Waals surface area contributed by atoms with Gasteiger partial charge < -0.3 is 4.74 Å². The molecule has 2 aromatic heterocycles. The average Bonchev–Trinajstić information content (AvgIpc) is 2.80. The molecule has 0 aromatic carbocycles. The lowest BCUT2D eigenvalue weighted by Crippen LogP contribution is -2.11. The van der Waals surface area contributed by atoms with Crippen molar-refractivity contribution in [2.24, 2.45) is 0 Å². The van der Waals surface area contributed by atoms with E-state index in [9.17, 15) is 0 Å².